The molecular weight excluding hydrogens is 236 g/mol. The molecule has 2 rings (SSSR count). The van der Waals surface area contributed by atoms with Gasteiger partial charge in [0.05, 0.1) is 11.9 Å². The Hall–Kier alpha value is -2.05. The van der Waals surface area contributed by atoms with E-state index in [0.717, 1.165) is 12.8 Å². The molecule has 2 atom stereocenters. The Morgan fingerprint density at radius 1 is 1.61 bits per heavy atom. The molecule has 1 saturated carbocycles. The van der Waals surface area contributed by atoms with Crippen LogP contribution < -0.4 is 10.6 Å². The largest absolute Gasteiger partial charge is 0.480 e. The lowest BCUT2D eigenvalue weighted by Crippen LogP contribution is -2.31. The predicted molar refractivity (Wildman–Crippen MR) is 64.2 cm³/mol. The van der Waals surface area contributed by atoms with Gasteiger partial charge in [0, 0.05) is 12.2 Å². The summed E-state index contributed by atoms with van der Waals surface area (Å²) < 4.78 is 1.25. The van der Waals surface area contributed by atoms with Crippen molar-refractivity contribution in [2.75, 3.05) is 5.32 Å². The van der Waals surface area contributed by atoms with E-state index in [0.29, 0.717) is 11.6 Å². The summed E-state index contributed by atoms with van der Waals surface area (Å²) in [6.45, 7) is 1.88. The molecule has 1 heterocycles. The maximum Gasteiger partial charge on any atom is 0.325 e. The number of hydrogen-bond donors (Lipinski definition) is 3. The van der Waals surface area contributed by atoms with E-state index in [4.69, 9.17) is 5.11 Å². The number of aromatic nitrogens is 2. The van der Waals surface area contributed by atoms with Gasteiger partial charge >= 0.3 is 12.0 Å². The topological polar surface area (TPSA) is 96.3 Å². The molecule has 0 saturated heterocycles. The van der Waals surface area contributed by atoms with Gasteiger partial charge in [0.1, 0.15) is 6.54 Å². The zero-order valence-corrected chi connectivity index (χ0v) is 10.1. The lowest BCUT2D eigenvalue weighted by Gasteiger charge is -2.04. The number of urea groups is 1. The van der Waals surface area contributed by atoms with Crippen molar-refractivity contribution in [3.63, 3.8) is 0 Å². The van der Waals surface area contributed by atoms with Crippen LogP contribution in [0.3, 0.4) is 0 Å². The normalized spacial score (nSPS) is 21.4. The smallest absolute Gasteiger partial charge is 0.325 e. The number of amides is 2. The second kappa shape index (κ2) is 5.07. The third-order valence-corrected chi connectivity index (χ3v) is 2.95. The number of aliphatic carboxylic acids is 1. The van der Waals surface area contributed by atoms with Crippen molar-refractivity contribution in [1.82, 2.24) is 15.1 Å². The van der Waals surface area contributed by atoms with Gasteiger partial charge < -0.3 is 15.7 Å². The molecule has 0 aromatic carbocycles. The Morgan fingerprint density at radius 2 is 2.39 bits per heavy atom. The fourth-order valence-corrected chi connectivity index (χ4v) is 1.86. The maximum absolute atomic E-state index is 11.6. The van der Waals surface area contributed by atoms with Crippen LogP contribution >= 0.6 is 0 Å². The van der Waals surface area contributed by atoms with Gasteiger partial charge in [-0.1, -0.05) is 13.3 Å². The molecule has 1 aromatic heterocycles. The fraction of sp³-hybridized carbons (Fsp3) is 0.545. The highest BCUT2D eigenvalue weighted by Crippen LogP contribution is 2.32. The molecule has 3 N–H and O–H groups in total. The zero-order chi connectivity index (χ0) is 13.1. The van der Waals surface area contributed by atoms with Gasteiger partial charge in [-0.3, -0.25) is 9.48 Å². The molecule has 1 aliphatic rings. The number of nitrogens with zero attached hydrogens (tertiary/aromatic N) is 2. The van der Waals surface area contributed by atoms with Gasteiger partial charge in [-0.05, 0) is 12.3 Å². The van der Waals surface area contributed by atoms with Gasteiger partial charge in [0.2, 0.25) is 0 Å². The number of carbonyl (C=O) groups is 2. The van der Waals surface area contributed by atoms with Crippen molar-refractivity contribution >= 4 is 17.7 Å². The Kier molecular flexibility index (Phi) is 3.50. The Labute approximate surface area is 104 Å². The van der Waals surface area contributed by atoms with E-state index in [1.807, 2.05) is 0 Å². The summed E-state index contributed by atoms with van der Waals surface area (Å²) in [7, 11) is 0. The number of carboxylic acid groups (broad SMARTS) is 1. The molecule has 98 valence electrons. The van der Waals surface area contributed by atoms with Gasteiger partial charge in [0.25, 0.3) is 0 Å². The number of carbonyl (C=O) groups excluding carboxylic acids is 1. The van der Waals surface area contributed by atoms with E-state index < -0.39 is 5.97 Å². The van der Waals surface area contributed by atoms with Crippen LogP contribution in [0, 0.1) is 5.92 Å². The molecule has 1 aliphatic carbocycles. The van der Waals surface area contributed by atoms with Crippen molar-refractivity contribution < 1.29 is 14.7 Å². The van der Waals surface area contributed by atoms with Crippen LogP contribution in [0.15, 0.2) is 12.4 Å². The molecule has 2 unspecified atom stereocenters. The van der Waals surface area contributed by atoms with Crippen molar-refractivity contribution in [2.45, 2.75) is 32.4 Å². The van der Waals surface area contributed by atoms with E-state index in [9.17, 15) is 9.59 Å². The molecule has 18 heavy (non-hydrogen) atoms. The number of rotatable bonds is 5. The molecular formula is C11H16N4O3. The maximum atomic E-state index is 11.6. The van der Waals surface area contributed by atoms with Crippen molar-refractivity contribution in [1.29, 1.82) is 0 Å². The lowest BCUT2D eigenvalue weighted by molar-refractivity contribution is -0.137. The minimum Gasteiger partial charge on any atom is -0.480 e. The Balaban J connectivity index is 1.80. The standard InChI is InChI=1S/C11H16N4O3/c1-2-7-3-9(7)14-11(18)13-8-4-12-15(5-8)6-10(16)17/h4-5,7,9H,2-3,6H2,1H3,(H,16,17)(H2,13,14,18). The second-order valence-corrected chi connectivity index (χ2v) is 4.43. The summed E-state index contributed by atoms with van der Waals surface area (Å²) in [5.74, 6) is -0.386. The monoisotopic (exact) mass is 252 g/mol. The van der Waals surface area contributed by atoms with Crippen LogP contribution in [0.4, 0.5) is 10.5 Å². The van der Waals surface area contributed by atoms with E-state index in [-0.39, 0.29) is 18.6 Å². The minimum absolute atomic E-state index is 0.218. The van der Waals surface area contributed by atoms with E-state index in [1.165, 1.54) is 17.1 Å². The van der Waals surface area contributed by atoms with Crippen molar-refractivity contribution in [3.8, 4) is 0 Å². The average Bonchev–Trinajstić information content (AvgIpc) is 2.89. The Bertz CT molecular complexity index is 457. The van der Waals surface area contributed by atoms with E-state index >= 15 is 0 Å². The van der Waals surface area contributed by atoms with Crippen molar-refractivity contribution in [2.24, 2.45) is 5.92 Å². The summed E-state index contributed by atoms with van der Waals surface area (Å²) in [5.41, 5.74) is 0.488. The molecule has 7 heteroatoms. The summed E-state index contributed by atoms with van der Waals surface area (Å²) >= 11 is 0. The summed E-state index contributed by atoms with van der Waals surface area (Å²) in [6.07, 6.45) is 5.01. The number of hydrogen-bond acceptors (Lipinski definition) is 3. The molecule has 0 radical (unpaired) electrons. The quantitative estimate of drug-likeness (QED) is 0.725. The first-order valence-electron chi connectivity index (χ1n) is 5.90. The van der Waals surface area contributed by atoms with E-state index in [2.05, 4.69) is 22.7 Å². The molecule has 0 aliphatic heterocycles. The zero-order valence-electron chi connectivity index (χ0n) is 10.1. The lowest BCUT2D eigenvalue weighted by atomic mass is 10.3. The first-order chi connectivity index (χ1) is 8.58. The average molecular weight is 252 g/mol. The van der Waals surface area contributed by atoms with Crippen LogP contribution in [0.25, 0.3) is 0 Å². The summed E-state index contributed by atoms with van der Waals surface area (Å²) in [4.78, 5) is 22.0. The minimum atomic E-state index is -0.974. The molecule has 7 nitrogen and oxygen atoms in total. The SMILES string of the molecule is CCC1CC1NC(=O)Nc1cnn(CC(=O)O)c1. The highest BCUT2D eigenvalue weighted by atomic mass is 16.4. The first-order valence-corrected chi connectivity index (χ1v) is 5.90. The second-order valence-electron chi connectivity index (χ2n) is 4.43. The van der Waals surface area contributed by atoms with Gasteiger partial charge in [-0.25, -0.2) is 4.79 Å². The third kappa shape index (κ3) is 3.22. The number of anilines is 1. The van der Waals surface area contributed by atoms with Crippen LogP contribution in [0.5, 0.6) is 0 Å². The third-order valence-electron chi connectivity index (χ3n) is 2.95. The number of carboxylic acids is 1. The van der Waals surface area contributed by atoms with E-state index in [1.54, 1.807) is 0 Å². The van der Waals surface area contributed by atoms with Crippen LogP contribution in [0.1, 0.15) is 19.8 Å². The van der Waals surface area contributed by atoms with Crippen LogP contribution in [-0.2, 0) is 11.3 Å². The van der Waals surface area contributed by atoms with Gasteiger partial charge in [0.15, 0.2) is 0 Å². The molecule has 0 spiro atoms. The fourth-order valence-electron chi connectivity index (χ4n) is 1.86. The Morgan fingerprint density at radius 3 is 3.00 bits per heavy atom. The molecule has 0 bridgehead atoms. The van der Waals surface area contributed by atoms with Gasteiger partial charge in [-0.15, -0.1) is 0 Å². The first kappa shape index (κ1) is 12.4. The summed E-state index contributed by atoms with van der Waals surface area (Å²) in [5, 5.41) is 17.9. The predicted octanol–water partition coefficient (Wildman–Crippen LogP) is 0.888. The number of nitrogens with one attached hydrogen (secondary N) is 2. The highest BCUT2D eigenvalue weighted by molar-refractivity contribution is 5.89. The van der Waals surface area contributed by atoms with Crippen LogP contribution in [-0.4, -0.2) is 32.9 Å². The summed E-state index contributed by atoms with van der Waals surface area (Å²) in [6, 6.07) is -0.00473. The van der Waals surface area contributed by atoms with Crippen molar-refractivity contribution in [3.05, 3.63) is 12.4 Å². The molecule has 1 fully saturated rings. The van der Waals surface area contributed by atoms with Crippen LogP contribution in [0.2, 0.25) is 0 Å². The van der Waals surface area contributed by atoms with Gasteiger partial charge in [-0.2, -0.15) is 5.10 Å². The highest BCUT2D eigenvalue weighted by Gasteiger charge is 2.36. The molecule has 1 aromatic rings. The molecule has 2 amide bonds.